The Balaban J connectivity index is 1.36. The van der Waals surface area contributed by atoms with Gasteiger partial charge in [0.2, 0.25) is 0 Å². The predicted molar refractivity (Wildman–Crippen MR) is 173 cm³/mol. The third-order valence-corrected chi connectivity index (χ3v) is 13.4. The van der Waals surface area contributed by atoms with Crippen LogP contribution in [-0.2, 0) is 12.8 Å². The van der Waals surface area contributed by atoms with Crippen LogP contribution >= 0.6 is 45.3 Å². The Kier molecular flexibility index (Phi) is 11.6. The summed E-state index contributed by atoms with van der Waals surface area (Å²) in [5.41, 5.74) is 3.35. The van der Waals surface area contributed by atoms with Crippen molar-refractivity contribution in [1.29, 1.82) is 0 Å². The van der Waals surface area contributed by atoms with Gasteiger partial charge >= 0.3 is 0 Å². The van der Waals surface area contributed by atoms with Gasteiger partial charge in [0.05, 0.1) is 28.2 Å². The number of thiophene rings is 4. The minimum atomic E-state index is 1.28. The average molecular weight is 561 g/mol. The van der Waals surface area contributed by atoms with E-state index in [2.05, 4.69) is 73.0 Å². The third-order valence-electron chi connectivity index (χ3n) is 7.91. The Morgan fingerprint density at radius 3 is 1.03 bits per heavy atom. The largest absolute Gasteiger partial charge is 0.138 e. The molecular weight excluding hydrogens is 513 g/mol. The lowest BCUT2D eigenvalue weighted by Gasteiger charge is -2.02. The zero-order chi connectivity index (χ0) is 25.3. The van der Waals surface area contributed by atoms with Crippen LogP contribution in [0.5, 0.6) is 0 Å². The molecule has 4 rings (SSSR count). The maximum Gasteiger partial charge on any atom is 0.0650 e. The molecule has 0 nitrogen and oxygen atoms in total. The molecule has 0 bridgehead atoms. The predicted octanol–water partition coefficient (Wildman–Crippen LogP) is 13.4. The Morgan fingerprint density at radius 1 is 0.361 bits per heavy atom. The zero-order valence-electron chi connectivity index (χ0n) is 23.4. The van der Waals surface area contributed by atoms with Crippen LogP contribution in [0.1, 0.15) is 137 Å². The summed E-state index contributed by atoms with van der Waals surface area (Å²) in [6.45, 7) is 9.36. The number of fused-ring (bicyclic) bond motifs is 5. The Hall–Kier alpha value is -0.420. The van der Waals surface area contributed by atoms with E-state index in [4.69, 9.17) is 0 Å². The summed E-state index contributed by atoms with van der Waals surface area (Å²) in [5, 5.41) is 0. The van der Waals surface area contributed by atoms with Crippen molar-refractivity contribution in [3.63, 3.8) is 0 Å². The number of rotatable bonds is 18. The number of aryl methyl sites for hydroxylation is 4. The highest BCUT2D eigenvalue weighted by Gasteiger charge is 2.21. The van der Waals surface area contributed by atoms with Gasteiger partial charge in [-0.3, -0.25) is 0 Å². The topological polar surface area (TPSA) is 0 Å². The second-order valence-electron chi connectivity index (χ2n) is 10.9. The Labute approximate surface area is 236 Å². The molecule has 0 saturated heterocycles. The highest BCUT2D eigenvalue weighted by atomic mass is 32.1. The van der Waals surface area contributed by atoms with E-state index in [-0.39, 0.29) is 0 Å². The summed E-state index contributed by atoms with van der Waals surface area (Å²) in [6, 6.07) is 0. The maximum absolute atomic E-state index is 2.37. The molecule has 36 heavy (non-hydrogen) atoms. The first-order valence-electron chi connectivity index (χ1n) is 15.0. The lowest BCUT2D eigenvalue weighted by molar-refractivity contribution is 0.576. The van der Waals surface area contributed by atoms with Gasteiger partial charge in [0.15, 0.2) is 0 Å². The molecule has 4 heterocycles. The van der Waals surface area contributed by atoms with Crippen molar-refractivity contribution < 1.29 is 0 Å². The summed E-state index contributed by atoms with van der Waals surface area (Å²) in [5.74, 6) is 0. The fourth-order valence-electron chi connectivity index (χ4n) is 5.68. The molecule has 200 valence electrons. The Bertz CT molecular complexity index is 1100. The van der Waals surface area contributed by atoms with Gasteiger partial charge in [-0.25, -0.2) is 0 Å². The number of hydrogen-bond donors (Lipinski definition) is 0. The first-order chi connectivity index (χ1) is 17.7. The van der Waals surface area contributed by atoms with E-state index in [1.165, 1.54) is 116 Å². The molecule has 0 saturated carbocycles. The molecule has 0 spiro atoms. The minimum absolute atomic E-state index is 1.28. The van der Waals surface area contributed by atoms with Crippen LogP contribution in [0.3, 0.4) is 0 Å². The smallest absolute Gasteiger partial charge is 0.0650 e. The van der Waals surface area contributed by atoms with Crippen molar-refractivity contribution in [3.8, 4) is 0 Å². The molecule has 0 aliphatic rings. The fourth-order valence-corrected chi connectivity index (χ4v) is 11.7. The average Bonchev–Trinajstić information content (AvgIpc) is 3.56. The third kappa shape index (κ3) is 6.96. The molecule has 0 aliphatic carbocycles. The molecule has 0 radical (unpaired) electrons. The van der Waals surface area contributed by atoms with E-state index >= 15 is 0 Å². The SMILES string of the molecule is CCCCCCCCCCc1c(C)sc2c1sc1c3sc(C)c(CCCCCCCCCC)c3sc21. The van der Waals surface area contributed by atoms with Gasteiger partial charge in [-0.1, -0.05) is 104 Å². The summed E-state index contributed by atoms with van der Waals surface area (Å²) in [6.07, 6.45) is 25.1. The van der Waals surface area contributed by atoms with Gasteiger partial charge in [0.1, 0.15) is 0 Å². The minimum Gasteiger partial charge on any atom is -0.138 e. The standard InChI is InChI=1S/C32H48S4/c1-5-7-9-11-13-15-17-19-21-25-23(3)33-29-27(25)35-32-30-28(36-31(29)32)26(24(4)34-30)22-20-18-16-14-12-10-8-6-2/h5-22H2,1-4H3. The second-order valence-corrected chi connectivity index (χ2v) is 15.4. The van der Waals surface area contributed by atoms with Crippen LogP contribution in [-0.4, -0.2) is 0 Å². The molecule has 4 aromatic rings. The molecule has 0 fully saturated rings. The van der Waals surface area contributed by atoms with E-state index in [0.29, 0.717) is 0 Å². The van der Waals surface area contributed by atoms with E-state index in [1.807, 2.05) is 0 Å². The fraction of sp³-hybridized carbons (Fsp3) is 0.688. The van der Waals surface area contributed by atoms with Crippen molar-refractivity contribution in [2.24, 2.45) is 0 Å². The summed E-state index contributed by atoms with van der Waals surface area (Å²) >= 11 is 8.39. The number of unbranched alkanes of at least 4 members (excludes halogenated alkanes) is 14. The van der Waals surface area contributed by atoms with Gasteiger partial charge in [-0.05, 0) is 50.7 Å². The van der Waals surface area contributed by atoms with Crippen molar-refractivity contribution in [3.05, 3.63) is 20.9 Å². The lowest BCUT2D eigenvalue weighted by atomic mass is 10.0. The normalized spacial score (nSPS) is 12.2. The monoisotopic (exact) mass is 560 g/mol. The van der Waals surface area contributed by atoms with Gasteiger partial charge in [0, 0.05) is 9.75 Å². The summed E-state index contributed by atoms with van der Waals surface area (Å²) in [7, 11) is 0. The van der Waals surface area contributed by atoms with E-state index in [0.717, 1.165) is 0 Å². The van der Waals surface area contributed by atoms with Gasteiger partial charge in [0.25, 0.3) is 0 Å². The molecule has 4 heteroatoms. The molecule has 0 unspecified atom stereocenters. The van der Waals surface area contributed by atoms with E-state index in [9.17, 15) is 0 Å². The van der Waals surface area contributed by atoms with Crippen LogP contribution in [0, 0.1) is 13.8 Å². The lowest BCUT2D eigenvalue weighted by Crippen LogP contribution is -1.87. The highest BCUT2D eigenvalue weighted by Crippen LogP contribution is 2.52. The maximum atomic E-state index is 2.37. The summed E-state index contributed by atoms with van der Waals surface area (Å²) in [4.78, 5) is 3.15. The van der Waals surface area contributed by atoms with Crippen molar-refractivity contribution >= 4 is 73.5 Å². The molecule has 0 amide bonds. The second kappa shape index (κ2) is 14.7. The highest BCUT2D eigenvalue weighted by molar-refractivity contribution is 7.44. The van der Waals surface area contributed by atoms with Crippen LogP contribution in [0.25, 0.3) is 28.2 Å². The van der Waals surface area contributed by atoms with Gasteiger partial charge < -0.3 is 0 Å². The van der Waals surface area contributed by atoms with Gasteiger partial charge in [-0.15, -0.1) is 45.3 Å². The van der Waals surface area contributed by atoms with Crippen molar-refractivity contribution in [1.82, 2.24) is 0 Å². The molecule has 0 N–H and O–H groups in total. The first kappa shape index (κ1) is 28.6. The van der Waals surface area contributed by atoms with Crippen LogP contribution in [0.2, 0.25) is 0 Å². The van der Waals surface area contributed by atoms with E-state index < -0.39 is 0 Å². The quantitative estimate of drug-likeness (QED) is 0.106. The first-order valence-corrected chi connectivity index (χ1v) is 18.3. The van der Waals surface area contributed by atoms with Crippen LogP contribution in [0.4, 0.5) is 0 Å². The molecule has 0 aliphatic heterocycles. The van der Waals surface area contributed by atoms with Gasteiger partial charge in [-0.2, -0.15) is 0 Å². The molecular formula is C32H48S4. The Morgan fingerprint density at radius 2 is 0.667 bits per heavy atom. The zero-order valence-corrected chi connectivity index (χ0v) is 26.6. The molecule has 0 atom stereocenters. The van der Waals surface area contributed by atoms with Crippen molar-refractivity contribution in [2.75, 3.05) is 0 Å². The van der Waals surface area contributed by atoms with Crippen LogP contribution < -0.4 is 0 Å². The summed E-state index contributed by atoms with van der Waals surface area (Å²) < 4.78 is 9.66. The van der Waals surface area contributed by atoms with Crippen molar-refractivity contribution in [2.45, 2.75) is 143 Å². The van der Waals surface area contributed by atoms with E-state index in [1.54, 1.807) is 49.1 Å². The molecule has 0 aromatic carbocycles. The number of hydrogen-bond acceptors (Lipinski definition) is 4. The van der Waals surface area contributed by atoms with Crippen LogP contribution in [0.15, 0.2) is 0 Å². The molecule has 4 aromatic heterocycles.